The van der Waals surface area contributed by atoms with E-state index in [2.05, 4.69) is 12.2 Å². The van der Waals surface area contributed by atoms with Gasteiger partial charge in [0.1, 0.15) is 6.04 Å². The van der Waals surface area contributed by atoms with Crippen molar-refractivity contribution in [1.82, 2.24) is 10.2 Å². The highest BCUT2D eigenvalue weighted by atomic mass is 16.5. The first kappa shape index (κ1) is 34.9. The molecule has 6 heteroatoms. The van der Waals surface area contributed by atoms with Gasteiger partial charge in [0.2, 0.25) is 0 Å². The molecule has 214 valence electrons. The molecule has 0 saturated carbocycles. The van der Waals surface area contributed by atoms with Crippen LogP contribution in [0.4, 0.5) is 0 Å². The van der Waals surface area contributed by atoms with Gasteiger partial charge < -0.3 is 20.1 Å². The zero-order valence-corrected chi connectivity index (χ0v) is 24.3. The quantitative estimate of drug-likeness (QED) is 0.0885. The minimum absolute atomic E-state index is 0.0139. The minimum Gasteiger partial charge on any atom is -0.480 e. The maximum absolute atomic E-state index is 12.1. The van der Waals surface area contributed by atoms with Crippen LogP contribution < -0.4 is 5.32 Å². The summed E-state index contributed by atoms with van der Waals surface area (Å²) in [4.78, 5) is 25.4. The standard InChI is InChI=1S/C30H60N2O4/c1-5-6-7-8-9-10-11-12-13-14-15-16-20-23-29(33)36-27(2)22-19-17-18-21-25-31-28(30(34)35)24-26-32(3)4/h27-28,31H,5-26H2,1-4H3,(H,34,35). The van der Waals surface area contributed by atoms with Crippen molar-refractivity contribution in [2.45, 2.75) is 154 Å². The zero-order chi connectivity index (χ0) is 26.9. The first-order chi connectivity index (χ1) is 17.4. The van der Waals surface area contributed by atoms with E-state index in [-0.39, 0.29) is 12.1 Å². The first-order valence-electron chi connectivity index (χ1n) is 15.2. The monoisotopic (exact) mass is 512 g/mol. The van der Waals surface area contributed by atoms with Crippen molar-refractivity contribution in [3.8, 4) is 0 Å². The van der Waals surface area contributed by atoms with Gasteiger partial charge >= 0.3 is 11.9 Å². The molecule has 0 saturated heterocycles. The van der Waals surface area contributed by atoms with Gasteiger partial charge in [-0.1, -0.05) is 96.8 Å². The van der Waals surface area contributed by atoms with Crippen molar-refractivity contribution in [2.24, 2.45) is 0 Å². The predicted molar refractivity (Wildman–Crippen MR) is 152 cm³/mol. The van der Waals surface area contributed by atoms with Crippen molar-refractivity contribution >= 4 is 11.9 Å². The van der Waals surface area contributed by atoms with Crippen LogP contribution in [0, 0.1) is 0 Å². The normalized spacial score (nSPS) is 13.1. The Labute approximate surface area is 223 Å². The van der Waals surface area contributed by atoms with Gasteiger partial charge in [-0.3, -0.25) is 9.59 Å². The fourth-order valence-corrected chi connectivity index (χ4v) is 4.52. The number of carboxylic acid groups (broad SMARTS) is 1. The molecule has 0 heterocycles. The maximum Gasteiger partial charge on any atom is 0.320 e. The number of unbranched alkanes of at least 4 members (excludes halogenated alkanes) is 15. The van der Waals surface area contributed by atoms with E-state index < -0.39 is 12.0 Å². The summed E-state index contributed by atoms with van der Waals surface area (Å²) in [6.45, 7) is 5.75. The van der Waals surface area contributed by atoms with Crippen LogP contribution >= 0.6 is 0 Å². The third kappa shape index (κ3) is 24.5. The van der Waals surface area contributed by atoms with Crippen LogP contribution in [0.3, 0.4) is 0 Å². The Morgan fingerprint density at radius 2 is 1.25 bits per heavy atom. The number of nitrogens with zero attached hydrogens (tertiary/aromatic N) is 1. The highest BCUT2D eigenvalue weighted by Crippen LogP contribution is 2.14. The molecule has 0 aromatic carbocycles. The lowest BCUT2D eigenvalue weighted by molar-refractivity contribution is -0.148. The van der Waals surface area contributed by atoms with Crippen LogP contribution in [-0.2, 0) is 14.3 Å². The fraction of sp³-hybridized carbons (Fsp3) is 0.933. The Hall–Kier alpha value is -1.14. The van der Waals surface area contributed by atoms with E-state index >= 15 is 0 Å². The van der Waals surface area contributed by atoms with Crippen LogP contribution in [0.15, 0.2) is 0 Å². The summed E-state index contributed by atoms with van der Waals surface area (Å²) >= 11 is 0. The van der Waals surface area contributed by atoms with E-state index in [4.69, 9.17) is 4.74 Å². The lowest BCUT2D eigenvalue weighted by Gasteiger charge is -2.17. The Morgan fingerprint density at radius 1 is 0.750 bits per heavy atom. The average molecular weight is 513 g/mol. The molecule has 0 aliphatic heterocycles. The van der Waals surface area contributed by atoms with Crippen molar-refractivity contribution in [2.75, 3.05) is 27.2 Å². The third-order valence-electron chi connectivity index (χ3n) is 6.91. The molecule has 6 nitrogen and oxygen atoms in total. The van der Waals surface area contributed by atoms with Crippen molar-refractivity contribution < 1.29 is 19.4 Å². The molecule has 0 bridgehead atoms. The zero-order valence-electron chi connectivity index (χ0n) is 24.3. The van der Waals surface area contributed by atoms with Crippen LogP contribution in [0.1, 0.15) is 142 Å². The molecule has 0 aliphatic rings. The van der Waals surface area contributed by atoms with E-state index in [9.17, 15) is 14.7 Å². The van der Waals surface area contributed by atoms with E-state index in [0.29, 0.717) is 12.8 Å². The van der Waals surface area contributed by atoms with Gasteiger partial charge in [0.15, 0.2) is 0 Å². The number of nitrogens with one attached hydrogen (secondary N) is 1. The molecule has 0 amide bonds. The number of carboxylic acids is 1. The largest absolute Gasteiger partial charge is 0.480 e. The lowest BCUT2D eigenvalue weighted by Crippen LogP contribution is -2.39. The SMILES string of the molecule is CCCCCCCCCCCCCCCC(=O)OC(C)CCCCCCNC(CCN(C)C)C(=O)O. The van der Waals surface area contributed by atoms with Crippen LogP contribution in [0.2, 0.25) is 0 Å². The molecule has 0 aromatic heterocycles. The van der Waals surface area contributed by atoms with Crippen LogP contribution in [0.25, 0.3) is 0 Å². The second-order valence-corrected chi connectivity index (χ2v) is 10.9. The van der Waals surface area contributed by atoms with Gasteiger partial charge in [-0.2, -0.15) is 0 Å². The highest BCUT2D eigenvalue weighted by molar-refractivity contribution is 5.73. The predicted octanol–water partition coefficient (Wildman–Crippen LogP) is 7.34. The molecule has 2 N–H and O–H groups in total. The molecule has 2 atom stereocenters. The van der Waals surface area contributed by atoms with E-state index in [1.165, 1.54) is 70.6 Å². The second-order valence-electron chi connectivity index (χ2n) is 10.9. The molecule has 0 spiro atoms. The number of hydrogen-bond acceptors (Lipinski definition) is 5. The first-order valence-corrected chi connectivity index (χ1v) is 15.2. The molecule has 2 unspecified atom stereocenters. The van der Waals surface area contributed by atoms with Crippen molar-refractivity contribution in [3.63, 3.8) is 0 Å². The number of carbonyl (C=O) groups is 2. The Morgan fingerprint density at radius 3 is 1.78 bits per heavy atom. The summed E-state index contributed by atoms with van der Waals surface area (Å²) in [6, 6.07) is -0.471. The van der Waals surface area contributed by atoms with Crippen molar-refractivity contribution in [3.05, 3.63) is 0 Å². The summed E-state index contributed by atoms with van der Waals surface area (Å²) in [5.41, 5.74) is 0. The molecule has 0 radical (unpaired) electrons. The summed E-state index contributed by atoms with van der Waals surface area (Å²) in [5, 5.41) is 12.4. The van der Waals surface area contributed by atoms with Gasteiger partial charge in [-0.25, -0.2) is 0 Å². The Balaban J connectivity index is 3.50. The molecule has 0 aliphatic carbocycles. The molecule has 36 heavy (non-hydrogen) atoms. The van der Waals surface area contributed by atoms with E-state index in [1.807, 2.05) is 25.9 Å². The summed E-state index contributed by atoms with van der Waals surface area (Å²) < 4.78 is 5.57. The molecule has 0 rings (SSSR count). The number of carbonyl (C=O) groups excluding carboxylic acids is 1. The van der Waals surface area contributed by atoms with E-state index in [1.54, 1.807) is 0 Å². The van der Waals surface area contributed by atoms with Crippen molar-refractivity contribution in [1.29, 1.82) is 0 Å². The number of ether oxygens (including phenoxy) is 1. The molecular formula is C30H60N2O4. The van der Waals surface area contributed by atoms with Gasteiger partial charge in [-0.15, -0.1) is 0 Å². The smallest absolute Gasteiger partial charge is 0.320 e. The topological polar surface area (TPSA) is 78.9 Å². The van der Waals surface area contributed by atoms with Gasteiger partial charge in [0.05, 0.1) is 6.10 Å². The maximum atomic E-state index is 12.1. The second kappa shape index (κ2) is 25.5. The Kier molecular flexibility index (Phi) is 24.7. The Bertz CT molecular complexity index is 513. The number of esters is 1. The molecule has 0 fully saturated rings. The molecular weight excluding hydrogens is 452 g/mol. The average Bonchev–Trinajstić information content (AvgIpc) is 2.82. The van der Waals surface area contributed by atoms with Crippen LogP contribution in [-0.4, -0.2) is 61.3 Å². The minimum atomic E-state index is -0.772. The summed E-state index contributed by atoms with van der Waals surface area (Å²) in [5.74, 6) is -0.821. The fourth-order valence-electron chi connectivity index (χ4n) is 4.52. The number of hydrogen-bond donors (Lipinski definition) is 2. The number of aliphatic carboxylic acids is 1. The van der Waals surface area contributed by atoms with Gasteiger partial charge in [0, 0.05) is 6.42 Å². The highest BCUT2D eigenvalue weighted by Gasteiger charge is 2.16. The molecule has 0 aromatic rings. The van der Waals surface area contributed by atoms with E-state index in [0.717, 1.165) is 58.0 Å². The number of rotatable bonds is 27. The lowest BCUT2D eigenvalue weighted by atomic mass is 10.0. The van der Waals surface area contributed by atoms with Gasteiger partial charge in [0.25, 0.3) is 0 Å². The third-order valence-corrected chi connectivity index (χ3v) is 6.91. The van der Waals surface area contributed by atoms with Crippen LogP contribution in [0.5, 0.6) is 0 Å². The van der Waals surface area contributed by atoms with Gasteiger partial charge in [-0.05, 0) is 66.2 Å². The summed E-state index contributed by atoms with van der Waals surface area (Å²) in [7, 11) is 3.91. The summed E-state index contributed by atoms with van der Waals surface area (Å²) in [6.07, 6.45) is 23.2.